The molecule has 1 aromatic heterocycles. The van der Waals surface area contributed by atoms with Crippen LogP contribution in [0.25, 0.3) is 5.69 Å². The number of aromatic nitrogens is 3. The molecule has 1 aromatic carbocycles. The Morgan fingerprint density at radius 1 is 1.33 bits per heavy atom. The summed E-state index contributed by atoms with van der Waals surface area (Å²) in [6, 6.07) is 4.08. The maximum Gasteiger partial charge on any atom is 0.311 e. The van der Waals surface area contributed by atoms with Crippen LogP contribution >= 0.6 is 11.6 Å². The van der Waals surface area contributed by atoms with Crippen LogP contribution in [-0.2, 0) is 4.79 Å². The van der Waals surface area contributed by atoms with Crippen molar-refractivity contribution in [3.05, 3.63) is 40.4 Å². The number of amides is 1. The van der Waals surface area contributed by atoms with Gasteiger partial charge in [0.25, 0.3) is 5.91 Å². The van der Waals surface area contributed by atoms with Crippen molar-refractivity contribution in [2.45, 2.75) is 39.0 Å². The second-order valence-corrected chi connectivity index (χ2v) is 7.27. The number of aliphatic carboxylic acids is 1. The van der Waals surface area contributed by atoms with Crippen molar-refractivity contribution in [3.63, 3.8) is 0 Å². The number of carboxylic acid groups (broad SMARTS) is 1. The van der Waals surface area contributed by atoms with E-state index >= 15 is 0 Å². The van der Waals surface area contributed by atoms with Crippen molar-refractivity contribution in [1.29, 1.82) is 0 Å². The summed E-state index contributed by atoms with van der Waals surface area (Å²) in [5.74, 6) is -1.93. The standard InChI is InChI=1S/C18H20ClFN4O3/c1-11-15(22-23-24(11)12-5-6-14(20)13(19)9-12)16(25)21-10-18(17(26)27)7-3-2-4-8-18/h5-6,9H,2-4,7-8,10H2,1H3,(H,21,25)(H,26,27). The molecule has 0 atom stereocenters. The highest BCUT2D eigenvalue weighted by Gasteiger charge is 2.40. The maximum atomic E-state index is 13.3. The van der Waals surface area contributed by atoms with Gasteiger partial charge in [-0.25, -0.2) is 9.07 Å². The van der Waals surface area contributed by atoms with E-state index in [0.717, 1.165) is 19.3 Å². The van der Waals surface area contributed by atoms with Crippen molar-refractivity contribution < 1.29 is 19.1 Å². The van der Waals surface area contributed by atoms with Gasteiger partial charge in [-0.15, -0.1) is 5.10 Å². The van der Waals surface area contributed by atoms with Crippen molar-refractivity contribution in [2.24, 2.45) is 5.41 Å². The first-order valence-corrected chi connectivity index (χ1v) is 9.11. The fourth-order valence-corrected chi connectivity index (χ4v) is 3.60. The number of nitrogens with one attached hydrogen (secondary N) is 1. The highest BCUT2D eigenvalue weighted by molar-refractivity contribution is 6.30. The maximum absolute atomic E-state index is 13.3. The Morgan fingerprint density at radius 3 is 2.67 bits per heavy atom. The lowest BCUT2D eigenvalue weighted by molar-refractivity contribution is -0.150. The minimum atomic E-state index is -0.928. The van der Waals surface area contributed by atoms with E-state index in [0.29, 0.717) is 24.2 Å². The molecule has 1 saturated carbocycles. The van der Waals surface area contributed by atoms with E-state index in [4.69, 9.17) is 11.6 Å². The van der Waals surface area contributed by atoms with E-state index in [1.54, 1.807) is 6.92 Å². The zero-order valence-corrected chi connectivity index (χ0v) is 15.6. The molecule has 27 heavy (non-hydrogen) atoms. The molecule has 1 aliphatic carbocycles. The van der Waals surface area contributed by atoms with Gasteiger partial charge in [0.05, 0.1) is 21.8 Å². The first-order valence-electron chi connectivity index (χ1n) is 8.73. The second kappa shape index (κ2) is 7.64. The number of benzene rings is 1. The fourth-order valence-electron chi connectivity index (χ4n) is 3.43. The summed E-state index contributed by atoms with van der Waals surface area (Å²) in [5, 5.41) is 20.1. The molecule has 144 valence electrons. The molecule has 0 radical (unpaired) electrons. The Morgan fingerprint density at radius 2 is 2.04 bits per heavy atom. The Kier molecular flexibility index (Phi) is 5.46. The van der Waals surface area contributed by atoms with E-state index in [9.17, 15) is 19.1 Å². The molecule has 1 aliphatic rings. The summed E-state index contributed by atoms with van der Waals surface area (Å²) < 4.78 is 14.7. The van der Waals surface area contributed by atoms with Crippen molar-refractivity contribution in [2.75, 3.05) is 6.54 Å². The summed E-state index contributed by atoms with van der Waals surface area (Å²) in [7, 11) is 0. The molecule has 0 saturated heterocycles. The van der Waals surface area contributed by atoms with Gasteiger partial charge >= 0.3 is 5.97 Å². The van der Waals surface area contributed by atoms with E-state index in [2.05, 4.69) is 15.6 Å². The van der Waals surface area contributed by atoms with Crippen LogP contribution in [0.3, 0.4) is 0 Å². The van der Waals surface area contributed by atoms with Gasteiger partial charge in [-0.1, -0.05) is 36.1 Å². The van der Waals surface area contributed by atoms with Gasteiger partial charge in [0.15, 0.2) is 5.69 Å². The van der Waals surface area contributed by atoms with Crippen LogP contribution in [0.15, 0.2) is 18.2 Å². The molecule has 0 spiro atoms. The number of rotatable bonds is 5. The predicted octanol–water partition coefficient (Wildman–Crippen LogP) is 3.13. The smallest absolute Gasteiger partial charge is 0.311 e. The van der Waals surface area contributed by atoms with Gasteiger partial charge in [-0.3, -0.25) is 9.59 Å². The molecule has 0 aliphatic heterocycles. The van der Waals surface area contributed by atoms with Crippen molar-refractivity contribution in [3.8, 4) is 5.69 Å². The lowest BCUT2D eigenvalue weighted by Crippen LogP contribution is -2.44. The Bertz CT molecular complexity index is 877. The third kappa shape index (κ3) is 3.80. The zero-order valence-electron chi connectivity index (χ0n) is 14.8. The molecule has 7 nitrogen and oxygen atoms in total. The topological polar surface area (TPSA) is 97.1 Å². The number of hydrogen-bond donors (Lipinski definition) is 2. The average molecular weight is 395 g/mol. The van der Waals surface area contributed by atoms with E-state index in [1.165, 1.54) is 22.9 Å². The molecule has 1 heterocycles. The summed E-state index contributed by atoms with van der Waals surface area (Å²) in [6.45, 7) is 1.70. The van der Waals surface area contributed by atoms with Gasteiger partial charge in [0.2, 0.25) is 0 Å². The normalized spacial score (nSPS) is 16.1. The third-order valence-electron chi connectivity index (χ3n) is 5.11. The van der Waals surface area contributed by atoms with E-state index < -0.39 is 23.1 Å². The molecule has 1 fully saturated rings. The van der Waals surface area contributed by atoms with Gasteiger partial charge in [0.1, 0.15) is 5.82 Å². The molecule has 2 N–H and O–H groups in total. The summed E-state index contributed by atoms with van der Waals surface area (Å²) in [5.41, 5.74) is 0.0807. The molecule has 0 unspecified atom stereocenters. The Hall–Kier alpha value is -2.48. The van der Waals surface area contributed by atoms with Crippen molar-refractivity contribution >= 4 is 23.5 Å². The lowest BCUT2D eigenvalue weighted by Gasteiger charge is -2.33. The fraction of sp³-hybridized carbons (Fsp3) is 0.444. The minimum Gasteiger partial charge on any atom is -0.481 e. The molecule has 3 rings (SSSR count). The monoisotopic (exact) mass is 394 g/mol. The zero-order chi connectivity index (χ0) is 19.6. The van der Waals surface area contributed by atoms with Gasteiger partial charge in [0, 0.05) is 6.54 Å². The van der Waals surface area contributed by atoms with Crippen LogP contribution in [0.4, 0.5) is 4.39 Å². The quantitative estimate of drug-likeness (QED) is 0.812. The second-order valence-electron chi connectivity index (χ2n) is 6.86. The number of nitrogens with zero attached hydrogens (tertiary/aromatic N) is 3. The SMILES string of the molecule is Cc1c(C(=O)NCC2(C(=O)O)CCCCC2)nnn1-c1ccc(F)c(Cl)c1. The lowest BCUT2D eigenvalue weighted by atomic mass is 9.74. The molecule has 1 amide bonds. The molecule has 0 bridgehead atoms. The van der Waals surface area contributed by atoms with Crippen LogP contribution < -0.4 is 5.32 Å². The predicted molar refractivity (Wildman–Crippen MR) is 96.6 cm³/mol. The van der Waals surface area contributed by atoms with Crippen LogP contribution in [0.2, 0.25) is 5.02 Å². The number of halogens is 2. The molecule has 2 aromatic rings. The van der Waals surface area contributed by atoms with Gasteiger partial charge < -0.3 is 10.4 Å². The van der Waals surface area contributed by atoms with E-state index in [1.807, 2.05) is 0 Å². The summed E-state index contributed by atoms with van der Waals surface area (Å²) in [4.78, 5) is 24.2. The molecular formula is C18H20ClFN4O3. The third-order valence-corrected chi connectivity index (χ3v) is 5.40. The molecule has 9 heteroatoms. The Labute approximate surface area is 160 Å². The van der Waals surface area contributed by atoms with E-state index in [-0.39, 0.29) is 17.3 Å². The highest BCUT2D eigenvalue weighted by atomic mass is 35.5. The average Bonchev–Trinajstić information content (AvgIpc) is 3.04. The van der Waals surface area contributed by atoms with Crippen LogP contribution in [0.1, 0.15) is 48.3 Å². The highest BCUT2D eigenvalue weighted by Crippen LogP contribution is 2.36. The number of carbonyl (C=O) groups excluding carboxylic acids is 1. The first kappa shape index (κ1) is 19.3. The van der Waals surface area contributed by atoms with Gasteiger partial charge in [-0.2, -0.15) is 0 Å². The first-order chi connectivity index (χ1) is 12.8. The van der Waals surface area contributed by atoms with Crippen LogP contribution in [0, 0.1) is 18.2 Å². The van der Waals surface area contributed by atoms with Crippen LogP contribution in [-0.4, -0.2) is 38.5 Å². The Balaban J connectivity index is 1.77. The number of carbonyl (C=O) groups is 2. The minimum absolute atomic E-state index is 0.0514. The van der Waals surface area contributed by atoms with Crippen LogP contribution in [0.5, 0.6) is 0 Å². The van der Waals surface area contributed by atoms with Crippen molar-refractivity contribution in [1.82, 2.24) is 20.3 Å². The largest absolute Gasteiger partial charge is 0.481 e. The summed E-state index contributed by atoms with van der Waals surface area (Å²) >= 11 is 5.79. The molecular weight excluding hydrogens is 375 g/mol. The summed E-state index contributed by atoms with van der Waals surface area (Å²) in [6.07, 6.45) is 3.77. The van der Waals surface area contributed by atoms with Gasteiger partial charge in [-0.05, 0) is 38.0 Å². The number of hydrogen-bond acceptors (Lipinski definition) is 4. The number of carboxylic acids is 1.